The summed E-state index contributed by atoms with van der Waals surface area (Å²) in [6.45, 7) is 0. The van der Waals surface area contributed by atoms with Crippen molar-refractivity contribution in [2.24, 2.45) is 0 Å². The summed E-state index contributed by atoms with van der Waals surface area (Å²) in [4.78, 5) is 21.1. The first-order valence-electron chi connectivity index (χ1n) is 5.33. The van der Waals surface area contributed by atoms with E-state index in [0.29, 0.717) is 12.2 Å². The standard InChI is InChI=1S/C10H10N2O5S2/c13-10-9(5-6-18-10)11-19(16,17)8-3-1-7(2-4-8)12(14)15/h1-4,9,11H,5-6H2/t9-/m0/s1. The van der Waals surface area contributed by atoms with Gasteiger partial charge in [0.25, 0.3) is 5.69 Å². The van der Waals surface area contributed by atoms with E-state index < -0.39 is 21.0 Å². The van der Waals surface area contributed by atoms with E-state index in [4.69, 9.17) is 0 Å². The Kier molecular flexibility index (Phi) is 3.88. The van der Waals surface area contributed by atoms with Crippen molar-refractivity contribution in [2.45, 2.75) is 17.4 Å². The van der Waals surface area contributed by atoms with Crippen LogP contribution in [0.25, 0.3) is 0 Å². The molecular weight excluding hydrogens is 292 g/mol. The molecule has 19 heavy (non-hydrogen) atoms. The fourth-order valence-electron chi connectivity index (χ4n) is 1.61. The van der Waals surface area contributed by atoms with Gasteiger partial charge >= 0.3 is 0 Å². The third kappa shape index (κ3) is 3.11. The Balaban J connectivity index is 2.19. The van der Waals surface area contributed by atoms with Gasteiger partial charge in [-0.05, 0) is 18.6 Å². The lowest BCUT2D eigenvalue weighted by molar-refractivity contribution is -0.384. The molecule has 0 amide bonds. The van der Waals surface area contributed by atoms with E-state index in [1.807, 2.05) is 0 Å². The van der Waals surface area contributed by atoms with Crippen molar-refractivity contribution in [3.8, 4) is 0 Å². The normalized spacial score (nSPS) is 19.6. The van der Waals surface area contributed by atoms with Crippen molar-refractivity contribution in [3.63, 3.8) is 0 Å². The summed E-state index contributed by atoms with van der Waals surface area (Å²) in [5, 5.41) is 10.3. The fourth-order valence-corrected chi connectivity index (χ4v) is 3.84. The quantitative estimate of drug-likeness (QED) is 0.654. The number of hydrogen-bond acceptors (Lipinski definition) is 6. The molecule has 0 radical (unpaired) electrons. The number of carbonyl (C=O) groups excluding carboxylic acids is 1. The van der Waals surface area contributed by atoms with Crippen LogP contribution in [0.5, 0.6) is 0 Å². The van der Waals surface area contributed by atoms with Crippen molar-refractivity contribution in [3.05, 3.63) is 34.4 Å². The zero-order chi connectivity index (χ0) is 14.0. The first-order chi connectivity index (χ1) is 8.90. The van der Waals surface area contributed by atoms with Gasteiger partial charge in [0.05, 0.1) is 15.9 Å². The van der Waals surface area contributed by atoms with Gasteiger partial charge in [-0.3, -0.25) is 14.9 Å². The van der Waals surface area contributed by atoms with Crippen LogP contribution < -0.4 is 4.72 Å². The van der Waals surface area contributed by atoms with Crippen LogP contribution in [0.1, 0.15) is 6.42 Å². The van der Waals surface area contributed by atoms with Gasteiger partial charge in [-0.25, -0.2) is 8.42 Å². The lowest BCUT2D eigenvalue weighted by atomic mass is 10.3. The van der Waals surface area contributed by atoms with E-state index in [1.54, 1.807) is 0 Å². The Morgan fingerprint density at radius 1 is 1.32 bits per heavy atom. The maximum Gasteiger partial charge on any atom is 0.269 e. The van der Waals surface area contributed by atoms with E-state index in [2.05, 4.69) is 4.72 Å². The smallest absolute Gasteiger partial charge is 0.269 e. The van der Waals surface area contributed by atoms with Crippen LogP contribution in [0.4, 0.5) is 5.69 Å². The summed E-state index contributed by atoms with van der Waals surface area (Å²) in [6.07, 6.45) is 0.454. The van der Waals surface area contributed by atoms with Gasteiger partial charge in [0, 0.05) is 17.9 Å². The molecule has 0 spiro atoms. The highest BCUT2D eigenvalue weighted by molar-refractivity contribution is 8.14. The molecule has 0 saturated carbocycles. The minimum Gasteiger partial charge on any atom is -0.285 e. The molecule has 0 bridgehead atoms. The number of benzene rings is 1. The molecule has 2 rings (SSSR count). The van der Waals surface area contributed by atoms with E-state index >= 15 is 0 Å². The molecule has 1 saturated heterocycles. The number of non-ortho nitro benzene ring substituents is 1. The number of nitrogens with one attached hydrogen (secondary N) is 1. The number of nitrogens with zero attached hydrogens (tertiary/aromatic N) is 1. The number of carbonyl (C=O) groups is 1. The third-order valence-corrected chi connectivity index (χ3v) is 5.09. The van der Waals surface area contributed by atoms with Crippen LogP contribution in [0, 0.1) is 10.1 Å². The van der Waals surface area contributed by atoms with E-state index in [-0.39, 0.29) is 15.7 Å². The van der Waals surface area contributed by atoms with Crippen LogP contribution in [-0.4, -0.2) is 30.3 Å². The SMILES string of the molecule is O=C1SCC[C@@H]1NS(=O)(=O)c1ccc([N+](=O)[O-])cc1. The van der Waals surface area contributed by atoms with Crippen molar-refractivity contribution in [1.82, 2.24) is 4.72 Å². The van der Waals surface area contributed by atoms with Crippen LogP contribution in [0.3, 0.4) is 0 Å². The molecule has 1 aliphatic rings. The molecule has 1 N–H and O–H groups in total. The minimum absolute atomic E-state index is 0.0946. The Labute approximate surface area is 113 Å². The van der Waals surface area contributed by atoms with E-state index in [0.717, 1.165) is 36.0 Å². The second-order valence-electron chi connectivity index (χ2n) is 3.88. The van der Waals surface area contributed by atoms with E-state index in [9.17, 15) is 23.3 Å². The first kappa shape index (κ1) is 14.0. The highest BCUT2D eigenvalue weighted by atomic mass is 32.2. The summed E-state index contributed by atoms with van der Waals surface area (Å²) < 4.78 is 26.2. The van der Waals surface area contributed by atoms with Crippen LogP contribution in [0.15, 0.2) is 29.2 Å². The molecule has 0 unspecified atom stereocenters. The molecule has 7 nitrogen and oxygen atoms in total. The lowest BCUT2D eigenvalue weighted by Crippen LogP contribution is -2.37. The summed E-state index contributed by atoms with van der Waals surface area (Å²) in [6, 6.07) is 3.80. The maximum absolute atomic E-state index is 12.0. The molecule has 1 aliphatic heterocycles. The molecule has 1 atom stereocenters. The Hall–Kier alpha value is -1.45. The predicted octanol–water partition coefficient (Wildman–Crippen LogP) is 0.905. The average molecular weight is 302 g/mol. The number of sulfonamides is 1. The highest BCUT2D eigenvalue weighted by Crippen LogP contribution is 2.22. The van der Waals surface area contributed by atoms with Crippen LogP contribution in [0.2, 0.25) is 0 Å². The Bertz CT molecular complexity index is 611. The number of rotatable bonds is 4. The molecule has 1 aromatic rings. The van der Waals surface area contributed by atoms with Crippen molar-refractivity contribution < 1.29 is 18.1 Å². The Morgan fingerprint density at radius 3 is 2.42 bits per heavy atom. The second-order valence-corrected chi connectivity index (χ2v) is 6.69. The molecule has 102 valence electrons. The van der Waals surface area contributed by atoms with Gasteiger partial charge in [0.2, 0.25) is 15.1 Å². The molecule has 0 aromatic heterocycles. The summed E-state index contributed by atoms with van der Waals surface area (Å²) in [5.41, 5.74) is -0.188. The van der Waals surface area contributed by atoms with Crippen molar-refractivity contribution in [2.75, 3.05) is 5.75 Å². The van der Waals surface area contributed by atoms with E-state index in [1.165, 1.54) is 0 Å². The summed E-state index contributed by atoms with van der Waals surface area (Å²) in [7, 11) is -3.83. The van der Waals surface area contributed by atoms with Crippen molar-refractivity contribution in [1.29, 1.82) is 0 Å². The number of thioether (sulfide) groups is 1. The average Bonchev–Trinajstić information content (AvgIpc) is 2.74. The third-order valence-electron chi connectivity index (χ3n) is 2.59. The lowest BCUT2D eigenvalue weighted by Gasteiger charge is -2.10. The number of nitro groups is 1. The highest BCUT2D eigenvalue weighted by Gasteiger charge is 2.30. The van der Waals surface area contributed by atoms with Crippen LogP contribution >= 0.6 is 11.8 Å². The predicted molar refractivity (Wildman–Crippen MR) is 69.3 cm³/mol. The van der Waals surface area contributed by atoms with Gasteiger partial charge in [-0.1, -0.05) is 11.8 Å². The van der Waals surface area contributed by atoms with Gasteiger partial charge in [0.1, 0.15) is 0 Å². The van der Waals surface area contributed by atoms with Gasteiger partial charge < -0.3 is 0 Å². The number of nitro benzene ring substituents is 1. The zero-order valence-corrected chi connectivity index (χ0v) is 11.2. The monoisotopic (exact) mass is 302 g/mol. The van der Waals surface area contributed by atoms with Crippen LogP contribution in [-0.2, 0) is 14.8 Å². The fraction of sp³-hybridized carbons (Fsp3) is 0.300. The Morgan fingerprint density at radius 2 is 1.95 bits per heavy atom. The summed E-state index contributed by atoms with van der Waals surface area (Å²) >= 11 is 1.09. The van der Waals surface area contributed by atoms with Gasteiger partial charge in [-0.2, -0.15) is 4.72 Å². The number of hydrogen-bond donors (Lipinski definition) is 1. The molecular formula is C10H10N2O5S2. The van der Waals surface area contributed by atoms with Gasteiger partial charge in [-0.15, -0.1) is 0 Å². The molecule has 9 heteroatoms. The maximum atomic E-state index is 12.0. The summed E-state index contributed by atoms with van der Waals surface area (Å²) in [5.74, 6) is 0.590. The van der Waals surface area contributed by atoms with Gasteiger partial charge in [0.15, 0.2) is 0 Å². The second kappa shape index (κ2) is 5.27. The molecule has 1 fully saturated rings. The largest absolute Gasteiger partial charge is 0.285 e. The van der Waals surface area contributed by atoms with Crippen molar-refractivity contribution >= 4 is 32.6 Å². The molecule has 1 heterocycles. The molecule has 1 aromatic carbocycles. The molecule has 0 aliphatic carbocycles. The first-order valence-corrected chi connectivity index (χ1v) is 7.80. The minimum atomic E-state index is -3.83. The topological polar surface area (TPSA) is 106 Å². The zero-order valence-electron chi connectivity index (χ0n) is 9.61.